The number of carbonyl (C=O) groups is 2. The zero-order valence-corrected chi connectivity index (χ0v) is 21.0. The third-order valence-electron chi connectivity index (χ3n) is 7.20. The lowest BCUT2D eigenvalue weighted by molar-refractivity contribution is -0.139. The van der Waals surface area contributed by atoms with Gasteiger partial charge < -0.3 is 15.3 Å². The average molecular weight is 520 g/mol. The number of hydrogen-bond acceptors (Lipinski definition) is 4. The van der Waals surface area contributed by atoms with Crippen molar-refractivity contribution in [3.05, 3.63) is 63.7 Å². The molecule has 0 bridgehead atoms. The fourth-order valence-corrected chi connectivity index (χ4v) is 5.39. The molecule has 6 nitrogen and oxygen atoms in total. The van der Waals surface area contributed by atoms with Crippen LogP contribution in [0.25, 0.3) is 0 Å². The van der Waals surface area contributed by atoms with E-state index in [0.717, 1.165) is 36.7 Å². The van der Waals surface area contributed by atoms with Crippen LogP contribution in [0.4, 0.5) is 8.78 Å². The molecule has 0 saturated carbocycles. The normalized spacial score (nSPS) is 21.0. The van der Waals surface area contributed by atoms with Gasteiger partial charge in [0.2, 0.25) is 0 Å². The number of pyridine rings is 1. The average Bonchev–Trinajstić information content (AvgIpc) is 2.86. The molecule has 2 aromatic rings. The summed E-state index contributed by atoms with van der Waals surface area (Å²) in [6.07, 6.45) is 6.58. The summed E-state index contributed by atoms with van der Waals surface area (Å²) >= 11 is 5.85. The molecule has 1 aliphatic carbocycles. The lowest BCUT2D eigenvalue weighted by atomic mass is 9.88. The lowest BCUT2D eigenvalue weighted by Crippen LogP contribution is -2.48. The Hall–Kier alpha value is -2.58. The van der Waals surface area contributed by atoms with Gasteiger partial charge in [-0.2, -0.15) is 0 Å². The summed E-state index contributed by atoms with van der Waals surface area (Å²) in [7, 11) is 0. The highest BCUT2D eigenvalue weighted by Gasteiger charge is 2.35. The molecular weight excluding hydrogens is 488 g/mol. The Balaban J connectivity index is 1.31. The highest BCUT2D eigenvalue weighted by molar-refractivity contribution is 6.34. The van der Waals surface area contributed by atoms with E-state index in [-0.39, 0.29) is 23.6 Å². The SMILES string of the molecule is O=C(N[C@@H](CCN1CCC[C@@](F)(CCc2ccc3c(n2)CCCC3)C1)C(=O)O)c1cccc(F)c1Cl. The molecule has 2 N–H and O–H groups in total. The van der Waals surface area contributed by atoms with Crippen molar-refractivity contribution in [2.45, 2.75) is 69.5 Å². The lowest BCUT2D eigenvalue weighted by Gasteiger charge is -2.38. The first-order valence-electron chi connectivity index (χ1n) is 12.6. The predicted molar refractivity (Wildman–Crippen MR) is 134 cm³/mol. The van der Waals surface area contributed by atoms with Crippen molar-refractivity contribution >= 4 is 23.5 Å². The summed E-state index contributed by atoms with van der Waals surface area (Å²) in [6, 6.07) is 6.73. The molecule has 2 atom stereocenters. The number of nitrogens with one attached hydrogen (secondary N) is 1. The van der Waals surface area contributed by atoms with Crippen LogP contribution in [0.2, 0.25) is 5.02 Å². The number of aryl methyl sites for hydroxylation is 3. The van der Waals surface area contributed by atoms with Crippen molar-refractivity contribution in [2.75, 3.05) is 19.6 Å². The van der Waals surface area contributed by atoms with Crippen LogP contribution in [0.1, 0.15) is 65.8 Å². The number of aromatic nitrogens is 1. The number of piperidine rings is 1. The Bertz CT molecular complexity index is 1120. The number of carboxylic acid groups (broad SMARTS) is 1. The van der Waals surface area contributed by atoms with Gasteiger partial charge >= 0.3 is 5.97 Å². The van der Waals surface area contributed by atoms with Crippen LogP contribution in [0.15, 0.2) is 30.3 Å². The van der Waals surface area contributed by atoms with E-state index in [9.17, 15) is 19.1 Å². The van der Waals surface area contributed by atoms with Crippen molar-refractivity contribution in [1.82, 2.24) is 15.2 Å². The van der Waals surface area contributed by atoms with Crippen LogP contribution in [0.5, 0.6) is 0 Å². The molecule has 1 saturated heterocycles. The Labute approximate surface area is 215 Å². The minimum atomic E-state index is -1.37. The van der Waals surface area contributed by atoms with E-state index < -0.39 is 29.4 Å². The minimum absolute atomic E-state index is 0.0937. The van der Waals surface area contributed by atoms with E-state index in [4.69, 9.17) is 16.6 Å². The van der Waals surface area contributed by atoms with Gasteiger partial charge in [-0.3, -0.25) is 9.78 Å². The van der Waals surface area contributed by atoms with E-state index >= 15 is 4.39 Å². The number of hydrogen-bond donors (Lipinski definition) is 2. The smallest absolute Gasteiger partial charge is 0.326 e. The number of halogens is 3. The molecule has 1 aliphatic heterocycles. The van der Waals surface area contributed by atoms with Crippen LogP contribution in [-0.4, -0.2) is 58.2 Å². The van der Waals surface area contributed by atoms with Crippen LogP contribution >= 0.6 is 11.6 Å². The Morgan fingerprint density at radius 3 is 2.81 bits per heavy atom. The third-order valence-corrected chi connectivity index (χ3v) is 7.59. The quantitative estimate of drug-likeness (QED) is 0.499. The van der Waals surface area contributed by atoms with Crippen LogP contribution in [0.3, 0.4) is 0 Å². The van der Waals surface area contributed by atoms with Gasteiger partial charge in [-0.05, 0) is 88.1 Å². The van der Waals surface area contributed by atoms with Crippen molar-refractivity contribution < 1.29 is 23.5 Å². The molecule has 194 valence electrons. The van der Waals surface area contributed by atoms with Gasteiger partial charge in [-0.25, -0.2) is 13.6 Å². The molecule has 1 amide bonds. The summed E-state index contributed by atoms with van der Waals surface area (Å²) < 4.78 is 29.4. The zero-order chi connectivity index (χ0) is 25.7. The maximum Gasteiger partial charge on any atom is 0.326 e. The minimum Gasteiger partial charge on any atom is -0.480 e. The highest BCUT2D eigenvalue weighted by atomic mass is 35.5. The molecule has 36 heavy (non-hydrogen) atoms. The number of benzene rings is 1. The van der Waals surface area contributed by atoms with Gasteiger partial charge in [0, 0.05) is 24.5 Å². The Kier molecular flexibility index (Phi) is 8.57. The number of rotatable bonds is 9. The van der Waals surface area contributed by atoms with E-state index in [0.29, 0.717) is 38.8 Å². The van der Waals surface area contributed by atoms with Crippen LogP contribution in [0, 0.1) is 5.82 Å². The molecule has 2 heterocycles. The molecular formula is C27H32ClF2N3O3. The third kappa shape index (κ3) is 6.59. The van der Waals surface area contributed by atoms with Crippen molar-refractivity contribution in [1.29, 1.82) is 0 Å². The number of aliphatic carboxylic acids is 1. The number of alkyl halides is 1. The molecule has 1 fully saturated rings. The van der Waals surface area contributed by atoms with Gasteiger partial charge in [0.15, 0.2) is 0 Å². The molecule has 1 aromatic carbocycles. The second-order valence-electron chi connectivity index (χ2n) is 9.90. The maximum absolute atomic E-state index is 15.7. The molecule has 0 spiro atoms. The predicted octanol–water partition coefficient (Wildman–Crippen LogP) is 4.76. The fourth-order valence-electron chi connectivity index (χ4n) is 5.18. The number of carbonyl (C=O) groups excluding carboxylic acids is 1. The van der Waals surface area contributed by atoms with Crippen molar-refractivity contribution in [3.8, 4) is 0 Å². The topological polar surface area (TPSA) is 82.5 Å². The van der Waals surface area contributed by atoms with Crippen LogP contribution < -0.4 is 5.32 Å². The maximum atomic E-state index is 15.7. The molecule has 1 aromatic heterocycles. The van der Waals surface area contributed by atoms with Gasteiger partial charge in [0.25, 0.3) is 5.91 Å². The standard InChI is InChI=1S/C27H32ClF2N3O3/c28-24-20(6-3-7-21(24)29)25(34)32-23(26(35)36)12-16-33-15-4-13-27(30,17-33)14-11-19-10-9-18-5-1-2-8-22(18)31-19/h3,6-7,9-10,23H,1-2,4-5,8,11-17H2,(H,32,34)(H,35,36)/t23-,27+/m0/s1. The first-order valence-corrected chi connectivity index (χ1v) is 13.0. The van der Waals surface area contributed by atoms with Gasteiger partial charge in [-0.15, -0.1) is 0 Å². The van der Waals surface area contributed by atoms with Crippen molar-refractivity contribution in [3.63, 3.8) is 0 Å². The first-order chi connectivity index (χ1) is 17.2. The molecule has 0 radical (unpaired) electrons. The number of nitrogens with zero attached hydrogens (tertiary/aromatic N) is 2. The highest BCUT2D eigenvalue weighted by Crippen LogP contribution is 2.31. The monoisotopic (exact) mass is 519 g/mol. The summed E-state index contributed by atoms with van der Waals surface area (Å²) in [5.74, 6) is -2.73. The largest absolute Gasteiger partial charge is 0.480 e. The van der Waals surface area contributed by atoms with E-state index in [1.165, 1.54) is 24.1 Å². The van der Waals surface area contributed by atoms with Crippen LogP contribution in [-0.2, 0) is 24.1 Å². The van der Waals surface area contributed by atoms with Gasteiger partial charge in [-0.1, -0.05) is 23.7 Å². The Morgan fingerprint density at radius 2 is 2.00 bits per heavy atom. The number of fused-ring (bicyclic) bond motifs is 1. The molecule has 2 aliphatic rings. The van der Waals surface area contributed by atoms with E-state index in [1.807, 2.05) is 11.0 Å². The fraction of sp³-hybridized carbons (Fsp3) is 0.519. The van der Waals surface area contributed by atoms with E-state index in [1.54, 1.807) is 0 Å². The van der Waals surface area contributed by atoms with E-state index in [2.05, 4.69) is 11.4 Å². The Morgan fingerprint density at radius 1 is 1.19 bits per heavy atom. The summed E-state index contributed by atoms with van der Waals surface area (Å²) in [6.45, 7) is 1.20. The van der Waals surface area contributed by atoms with Crippen molar-refractivity contribution in [2.24, 2.45) is 0 Å². The van der Waals surface area contributed by atoms with Gasteiger partial charge in [0.05, 0.1) is 10.6 Å². The summed E-state index contributed by atoms with van der Waals surface area (Å²) in [5, 5.41) is 11.7. The molecule has 0 unspecified atom stereocenters. The number of carboxylic acids is 1. The summed E-state index contributed by atoms with van der Waals surface area (Å²) in [4.78, 5) is 30.9. The second-order valence-corrected chi connectivity index (χ2v) is 10.3. The number of likely N-dealkylation sites (tertiary alicyclic amines) is 1. The second kappa shape index (κ2) is 11.6. The first kappa shape index (κ1) is 26.5. The van der Waals surface area contributed by atoms with Gasteiger partial charge in [0.1, 0.15) is 17.5 Å². The number of amides is 1. The zero-order valence-electron chi connectivity index (χ0n) is 20.2. The molecule has 4 rings (SSSR count). The molecule has 9 heteroatoms. The summed E-state index contributed by atoms with van der Waals surface area (Å²) in [5.41, 5.74) is 1.89.